The van der Waals surface area contributed by atoms with Crippen LogP contribution in [0.5, 0.6) is 0 Å². The molecule has 1 amide bonds. The summed E-state index contributed by atoms with van der Waals surface area (Å²) in [5.74, 6) is 3.02. The molecule has 0 aromatic heterocycles. The lowest BCUT2D eigenvalue weighted by Crippen LogP contribution is -2.40. The van der Waals surface area contributed by atoms with Gasteiger partial charge in [0, 0.05) is 31.6 Å². The van der Waals surface area contributed by atoms with Crippen molar-refractivity contribution in [2.24, 2.45) is 17.8 Å². The van der Waals surface area contributed by atoms with Gasteiger partial charge in [0.25, 0.3) is 0 Å². The van der Waals surface area contributed by atoms with Gasteiger partial charge in [0.2, 0.25) is 5.91 Å². The minimum absolute atomic E-state index is 0.451. The lowest BCUT2D eigenvalue weighted by molar-refractivity contribution is -0.132. The van der Waals surface area contributed by atoms with Crippen molar-refractivity contribution in [1.29, 1.82) is 0 Å². The van der Waals surface area contributed by atoms with Crippen LogP contribution in [-0.2, 0) is 4.79 Å². The predicted molar refractivity (Wildman–Crippen MR) is 74.7 cm³/mol. The molecule has 19 heavy (non-hydrogen) atoms. The molecule has 0 spiro atoms. The number of fused-ring (bicyclic) bond motifs is 4. The SMILES string of the molecule is O=C(CC1CC2CCC1C2)N1CCC2CCC(C1)N2. The lowest BCUT2D eigenvalue weighted by atomic mass is 9.86. The molecular weight excluding hydrogens is 236 g/mol. The third-order valence-electron chi connectivity index (χ3n) is 6.20. The molecule has 4 fully saturated rings. The van der Waals surface area contributed by atoms with E-state index in [0.29, 0.717) is 18.0 Å². The smallest absolute Gasteiger partial charge is 0.222 e. The number of hydrogen-bond donors (Lipinski definition) is 1. The van der Waals surface area contributed by atoms with Crippen LogP contribution in [0.15, 0.2) is 0 Å². The summed E-state index contributed by atoms with van der Waals surface area (Å²) in [7, 11) is 0. The Morgan fingerprint density at radius 2 is 1.95 bits per heavy atom. The molecule has 2 aliphatic carbocycles. The second-order valence-corrected chi connectivity index (χ2v) is 7.41. The molecule has 3 heteroatoms. The second kappa shape index (κ2) is 4.76. The van der Waals surface area contributed by atoms with Gasteiger partial charge in [-0.1, -0.05) is 6.42 Å². The van der Waals surface area contributed by atoms with Crippen molar-refractivity contribution < 1.29 is 4.79 Å². The van der Waals surface area contributed by atoms with Crippen molar-refractivity contribution in [3.8, 4) is 0 Å². The molecule has 1 N–H and O–H groups in total. The van der Waals surface area contributed by atoms with Gasteiger partial charge in [0.1, 0.15) is 0 Å². The highest BCUT2D eigenvalue weighted by Gasteiger charge is 2.41. The van der Waals surface area contributed by atoms with Crippen LogP contribution < -0.4 is 5.32 Å². The zero-order valence-corrected chi connectivity index (χ0v) is 11.8. The van der Waals surface area contributed by atoms with E-state index in [2.05, 4.69) is 10.2 Å². The first-order valence-corrected chi connectivity index (χ1v) is 8.32. The number of likely N-dealkylation sites (tertiary alicyclic amines) is 1. The monoisotopic (exact) mass is 262 g/mol. The standard InChI is InChI=1S/C16H26N2O/c19-16(9-13-8-11-1-2-12(13)7-11)18-6-5-14-3-4-15(10-18)17-14/h11-15,17H,1-10H2. The fourth-order valence-corrected chi connectivity index (χ4v) is 5.15. The topological polar surface area (TPSA) is 32.3 Å². The number of rotatable bonds is 2. The maximum absolute atomic E-state index is 12.6. The average molecular weight is 262 g/mol. The third kappa shape index (κ3) is 2.31. The van der Waals surface area contributed by atoms with E-state index in [4.69, 9.17) is 0 Å². The van der Waals surface area contributed by atoms with Crippen LogP contribution in [0.3, 0.4) is 0 Å². The van der Waals surface area contributed by atoms with Crippen molar-refractivity contribution in [2.75, 3.05) is 13.1 Å². The number of carbonyl (C=O) groups is 1. The highest BCUT2D eigenvalue weighted by Crippen LogP contribution is 2.49. The Balaban J connectivity index is 1.35. The highest BCUT2D eigenvalue weighted by atomic mass is 16.2. The zero-order valence-electron chi connectivity index (χ0n) is 11.8. The first-order valence-electron chi connectivity index (χ1n) is 8.32. The first kappa shape index (κ1) is 12.2. The largest absolute Gasteiger partial charge is 0.341 e. The molecular formula is C16H26N2O. The normalized spacial score (nSPS) is 44.6. The summed E-state index contributed by atoms with van der Waals surface area (Å²) in [6.45, 7) is 1.96. The van der Waals surface area contributed by atoms with E-state index in [1.807, 2.05) is 0 Å². The van der Waals surface area contributed by atoms with Crippen molar-refractivity contribution in [3.05, 3.63) is 0 Å². The summed E-state index contributed by atoms with van der Waals surface area (Å²) in [5.41, 5.74) is 0. The van der Waals surface area contributed by atoms with E-state index in [-0.39, 0.29) is 0 Å². The van der Waals surface area contributed by atoms with Gasteiger partial charge in [0.05, 0.1) is 0 Å². The molecule has 106 valence electrons. The number of carbonyl (C=O) groups excluding carboxylic acids is 1. The number of nitrogens with one attached hydrogen (secondary N) is 1. The molecule has 3 nitrogen and oxygen atoms in total. The summed E-state index contributed by atoms with van der Waals surface area (Å²) in [5, 5.41) is 3.66. The summed E-state index contributed by atoms with van der Waals surface area (Å²) in [6.07, 6.45) is 10.2. The molecule has 0 aromatic rings. The Bertz CT molecular complexity index is 370. The molecule has 2 aliphatic heterocycles. The maximum Gasteiger partial charge on any atom is 0.222 e. The van der Waals surface area contributed by atoms with Crippen molar-refractivity contribution in [1.82, 2.24) is 10.2 Å². The molecule has 2 saturated heterocycles. The fourth-order valence-electron chi connectivity index (χ4n) is 5.15. The van der Waals surface area contributed by atoms with E-state index in [9.17, 15) is 4.79 Å². The summed E-state index contributed by atoms with van der Waals surface area (Å²) in [4.78, 5) is 14.7. The minimum Gasteiger partial charge on any atom is -0.341 e. The highest BCUT2D eigenvalue weighted by molar-refractivity contribution is 5.76. The summed E-state index contributed by atoms with van der Waals surface area (Å²) >= 11 is 0. The van der Waals surface area contributed by atoms with Crippen LogP contribution in [0.25, 0.3) is 0 Å². The Labute approximate surface area is 116 Å². The maximum atomic E-state index is 12.6. The Kier molecular flexibility index (Phi) is 3.06. The summed E-state index contributed by atoms with van der Waals surface area (Å²) < 4.78 is 0. The molecule has 4 aliphatic rings. The molecule has 5 atom stereocenters. The first-order chi connectivity index (χ1) is 9.28. The van der Waals surface area contributed by atoms with E-state index < -0.39 is 0 Å². The Morgan fingerprint density at radius 3 is 2.74 bits per heavy atom. The number of amides is 1. The summed E-state index contributed by atoms with van der Waals surface area (Å²) in [6, 6.07) is 1.27. The van der Waals surface area contributed by atoms with E-state index in [1.165, 1.54) is 44.9 Å². The fraction of sp³-hybridized carbons (Fsp3) is 0.938. The average Bonchev–Trinajstić information content (AvgIpc) is 3.05. The molecule has 4 bridgehead atoms. The molecule has 0 radical (unpaired) electrons. The quantitative estimate of drug-likeness (QED) is 0.827. The van der Waals surface area contributed by atoms with Crippen LogP contribution in [0.2, 0.25) is 0 Å². The van der Waals surface area contributed by atoms with E-state index in [0.717, 1.165) is 37.3 Å². The number of hydrogen-bond acceptors (Lipinski definition) is 2. The van der Waals surface area contributed by atoms with Crippen molar-refractivity contribution in [3.63, 3.8) is 0 Å². The van der Waals surface area contributed by atoms with Gasteiger partial charge in [-0.25, -0.2) is 0 Å². The van der Waals surface area contributed by atoms with Gasteiger partial charge in [-0.15, -0.1) is 0 Å². The van der Waals surface area contributed by atoms with Gasteiger partial charge in [0.15, 0.2) is 0 Å². The Hall–Kier alpha value is -0.570. The molecule has 4 rings (SSSR count). The van der Waals surface area contributed by atoms with Crippen molar-refractivity contribution in [2.45, 2.75) is 63.5 Å². The second-order valence-electron chi connectivity index (χ2n) is 7.41. The minimum atomic E-state index is 0.451. The third-order valence-corrected chi connectivity index (χ3v) is 6.20. The Morgan fingerprint density at radius 1 is 1.05 bits per heavy atom. The predicted octanol–water partition coefficient (Wildman–Crippen LogP) is 2.17. The molecule has 2 heterocycles. The van der Waals surface area contributed by atoms with Crippen LogP contribution in [0, 0.1) is 17.8 Å². The van der Waals surface area contributed by atoms with Crippen LogP contribution in [0.4, 0.5) is 0 Å². The van der Waals surface area contributed by atoms with Crippen molar-refractivity contribution >= 4 is 5.91 Å². The molecule has 5 unspecified atom stereocenters. The van der Waals surface area contributed by atoms with E-state index in [1.54, 1.807) is 0 Å². The van der Waals surface area contributed by atoms with Gasteiger partial charge >= 0.3 is 0 Å². The molecule has 0 aromatic carbocycles. The van der Waals surface area contributed by atoms with Crippen LogP contribution in [0.1, 0.15) is 51.4 Å². The zero-order chi connectivity index (χ0) is 12.8. The van der Waals surface area contributed by atoms with E-state index >= 15 is 0 Å². The van der Waals surface area contributed by atoms with Crippen LogP contribution >= 0.6 is 0 Å². The van der Waals surface area contributed by atoms with Crippen LogP contribution in [-0.4, -0.2) is 36.0 Å². The van der Waals surface area contributed by atoms with Gasteiger partial charge in [-0.05, 0) is 56.3 Å². The van der Waals surface area contributed by atoms with Gasteiger partial charge in [-0.2, -0.15) is 0 Å². The van der Waals surface area contributed by atoms with Gasteiger partial charge < -0.3 is 10.2 Å². The number of nitrogens with zero attached hydrogens (tertiary/aromatic N) is 1. The lowest BCUT2D eigenvalue weighted by Gasteiger charge is -2.28. The van der Waals surface area contributed by atoms with Gasteiger partial charge in [-0.3, -0.25) is 4.79 Å². The molecule has 2 saturated carbocycles.